The van der Waals surface area contributed by atoms with Gasteiger partial charge < -0.3 is 9.47 Å². The Hall–Kier alpha value is -0.723. The third-order valence-electron chi connectivity index (χ3n) is 2.45. The van der Waals surface area contributed by atoms with Gasteiger partial charge in [-0.2, -0.15) is 0 Å². The van der Waals surface area contributed by atoms with Gasteiger partial charge in [0.25, 0.3) is 0 Å². The standard InChI is InChI=1S/C10H17NO4Si/c1-14-10(15-2)16-7-3-6-11-8(12)4-5-9(11)13/h10H,3-7H2,1-2H3. The van der Waals surface area contributed by atoms with Gasteiger partial charge in [0, 0.05) is 33.6 Å². The monoisotopic (exact) mass is 243 g/mol. The van der Waals surface area contributed by atoms with Crippen molar-refractivity contribution in [3.63, 3.8) is 0 Å². The zero-order valence-electron chi connectivity index (χ0n) is 9.69. The van der Waals surface area contributed by atoms with Crippen molar-refractivity contribution in [3.8, 4) is 0 Å². The van der Waals surface area contributed by atoms with Crippen molar-refractivity contribution in [2.45, 2.75) is 31.2 Å². The molecule has 0 aromatic heterocycles. The minimum atomic E-state index is -0.162. The lowest BCUT2D eigenvalue weighted by Gasteiger charge is -2.15. The summed E-state index contributed by atoms with van der Waals surface area (Å²) in [6, 6.07) is 0.906. The van der Waals surface area contributed by atoms with Gasteiger partial charge in [-0.15, -0.1) is 0 Å². The van der Waals surface area contributed by atoms with Crippen LogP contribution in [-0.4, -0.2) is 52.9 Å². The second kappa shape index (κ2) is 6.77. The number of amides is 2. The molecule has 2 amide bonds. The van der Waals surface area contributed by atoms with Crippen molar-refractivity contribution in [3.05, 3.63) is 0 Å². The molecule has 1 aliphatic rings. The molecule has 0 N–H and O–H groups in total. The largest absolute Gasteiger partial charge is 0.360 e. The highest BCUT2D eigenvalue weighted by Crippen LogP contribution is 2.12. The predicted octanol–water partition coefficient (Wildman–Crippen LogP) is 0.224. The van der Waals surface area contributed by atoms with Crippen LogP contribution in [0.1, 0.15) is 19.3 Å². The molecule has 0 bridgehead atoms. The number of carbonyl (C=O) groups excluding carboxylic acids is 2. The minimum Gasteiger partial charge on any atom is -0.360 e. The maximum Gasteiger partial charge on any atom is 0.229 e. The molecule has 0 aromatic carbocycles. The Morgan fingerprint density at radius 3 is 2.31 bits per heavy atom. The van der Waals surface area contributed by atoms with Crippen LogP contribution >= 0.6 is 0 Å². The van der Waals surface area contributed by atoms with E-state index >= 15 is 0 Å². The Bertz CT molecular complexity index is 239. The second-order valence-corrected chi connectivity index (χ2v) is 4.93. The van der Waals surface area contributed by atoms with Gasteiger partial charge in [0.05, 0.1) is 0 Å². The lowest BCUT2D eigenvalue weighted by molar-refractivity contribution is -0.138. The number of imide groups is 1. The Balaban J connectivity index is 2.15. The molecular formula is C10H17NO4Si. The number of likely N-dealkylation sites (tertiary alicyclic amines) is 1. The van der Waals surface area contributed by atoms with E-state index in [-0.39, 0.29) is 17.7 Å². The van der Waals surface area contributed by atoms with Gasteiger partial charge in [-0.25, -0.2) is 0 Å². The number of carbonyl (C=O) groups is 2. The van der Waals surface area contributed by atoms with E-state index in [0.717, 1.165) is 12.5 Å². The van der Waals surface area contributed by atoms with Crippen molar-refractivity contribution in [1.82, 2.24) is 4.90 Å². The molecule has 1 fully saturated rings. The van der Waals surface area contributed by atoms with E-state index < -0.39 is 0 Å². The summed E-state index contributed by atoms with van der Waals surface area (Å²) in [5.41, 5.74) is 0. The van der Waals surface area contributed by atoms with Gasteiger partial charge in [0.15, 0.2) is 0 Å². The van der Waals surface area contributed by atoms with Crippen LogP contribution in [0.2, 0.25) is 6.04 Å². The quantitative estimate of drug-likeness (QED) is 0.278. The van der Waals surface area contributed by atoms with Gasteiger partial charge in [-0.1, -0.05) is 6.04 Å². The summed E-state index contributed by atoms with van der Waals surface area (Å²) in [5, 5.41) is 0. The summed E-state index contributed by atoms with van der Waals surface area (Å²) in [6.07, 6.45) is 1.57. The van der Waals surface area contributed by atoms with Crippen LogP contribution in [0.3, 0.4) is 0 Å². The molecule has 1 saturated heterocycles. The maximum atomic E-state index is 11.3. The maximum absolute atomic E-state index is 11.3. The van der Waals surface area contributed by atoms with Gasteiger partial charge in [-0.05, 0) is 6.42 Å². The smallest absolute Gasteiger partial charge is 0.229 e. The molecule has 5 nitrogen and oxygen atoms in total. The zero-order chi connectivity index (χ0) is 12.0. The fraction of sp³-hybridized carbons (Fsp3) is 0.800. The Labute approximate surface area is 97.9 Å². The van der Waals surface area contributed by atoms with Crippen molar-refractivity contribution < 1.29 is 19.1 Å². The zero-order valence-corrected chi connectivity index (χ0v) is 10.7. The summed E-state index contributed by atoms with van der Waals surface area (Å²) < 4.78 is 10.1. The molecule has 1 rings (SSSR count). The van der Waals surface area contributed by atoms with Crippen LogP contribution in [-0.2, 0) is 19.1 Å². The molecule has 6 heteroatoms. The van der Waals surface area contributed by atoms with Gasteiger partial charge in [-0.3, -0.25) is 14.5 Å². The SMILES string of the molecule is COC(OC)[Si]CCCN1C(=O)CCC1=O. The van der Waals surface area contributed by atoms with Crippen LogP contribution in [0.4, 0.5) is 0 Å². The van der Waals surface area contributed by atoms with E-state index in [0.29, 0.717) is 28.9 Å². The van der Waals surface area contributed by atoms with E-state index in [1.165, 1.54) is 4.90 Å². The molecule has 0 aromatic rings. The first kappa shape index (κ1) is 13.3. The molecular weight excluding hydrogens is 226 g/mol. The van der Waals surface area contributed by atoms with Crippen molar-refractivity contribution in [2.24, 2.45) is 0 Å². The topological polar surface area (TPSA) is 55.8 Å². The van der Waals surface area contributed by atoms with Crippen LogP contribution in [0, 0.1) is 0 Å². The van der Waals surface area contributed by atoms with E-state index in [9.17, 15) is 9.59 Å². The number of hydrogen-bond acceptors (Lipinski definition) is 4. The van der Waals surface area contributed by atoms with Crippen LogP contribution in [0.25, 0.3) is 0 Å². The number of ether oxygens (including phenoxy) is 2. The summed E-state index contributed by atoms with van der Waals surface area (Å²) in [7, 11) is 3.75. The third kappa shape index (κ3) is 3.69. The Morgan fingerprint density at radius 1 is 1.25 bits per heavy atom. The first-order valence-corrected chi connectivity index (χ1v) is 6.59. The van der Waals surface area contributed by atoms with E-state index in [4.69, 9.17) is 9.47 Å². The third-order valence-corrected chi connectivity index (χ3v) is 3.90. The van der Waals surface area contributed by atoms with Crippen LogP contribution < -0.4 is 0 Å². The molecule has 0 saturated carbocycles. The molecule has 16 heavy (non-hydrogen) atoms. The van der Waals surface area contributed by atoms with Gasteiger partial charge in [0.1, 0.15) is 15.4 Å². The summed E-state index contributed by atoms with van der Waals surface area (Å²) in [4.78, 5) is 23.9. The number of hydrogen-bond donors (Lipinski definition) is 0. The van der Waals surface area contributed by atoms with Crippen molar-refractivity contribution >= 4 is 21.3 Å². The summed E-state index contributed by atoms with van der Waals surface area (Å²) >= 11 is 0. The highest BCUT2D eigenvalue weighted by molar-refractivity contribution is 6.36. The number of rotatable bonds is 7. The first-order valence-electron chi connectivity index (χ1n) is 5.31. The lowest BCUT2D eigenvalue weighted by Crippen LogP contribution is -2.30. The molecule has 0 aliphatic carbocycles. The average molecular weight is 243 g/mol. The van der Waals surface area contributed by atoms with E-state index in [1.807, 2.05) is 0 Å². The van der Waals surface area contributed by atoms with Crippen molar-refractivity contribution in [2.75, 3.05) is 20.8 Å². The van der Waals surface area contributed by atoms with Crippen LogP contribution in [0.5, 0.6) is 0 Å². The second-order valence-electron chi connectivity index (χ2n) is 3.55. The highest BCUT2D eigenvalue weighted by atomic mass is 28.2. The Morgan fingerprint density at radius 2 is 1.81 bits per heavy atom. The minimum absolute atomic E-state index is 0.0385. The van der Waals surface area contributed by atoms with Gasteiger partial charge >= 0.3 is 0 Å². The number of methoxy groups -OCH3 is 2. The normalized spacial score (nSPS) is 16.6. The lowest BCUT2D eigenvalue weighted by atomic mass is 10.4. The molecule has 0 spiro atoms. The number of nitrogens with zero attached hydrogens (tertiary/aromatic N) is 1. The van der Waals surface area contributed by atoms with Gasteiger partial charge in [0.2, 0.25) is 11.8 Å². The van der Waals surface area contributed by atoms with E-state index in [2.05, 4.69) is 0 Å². The molecule has 2 radical (unpaired) electrons. The molecule has 1 heterocycles. The van der Waals surface area contributed by atoms with Crippen molar-refractivity contribution in [1.29, 1.82) is 0 Å². The predicted molar refractivity (Wildman–Crippen MR) is 58.9 cm³/mol. The highest BCUT2D eigenvalue weighted by Gasteiger charge is 2.27. The first-order chi connectivity index (χ1) is 7.69. The summed E-state index contributed by atoms with van der Waals surface area (Å²) in [5.74, 6) is -0.239. The molecule has 1 aliphatic heterocycles. The fourth-order valence-corrected chi connectivity index (χ4v) is 2.52. The van der Waals surface area contributed by atoms with E-state index in [1.54, 1.807) is 14.2 Å². The summed E-state index contributed by atoms with van der Waals surface area (Å²) in [6.45, 7) is 0.533. The molecule has 0 unspecified atom stereocenters. The Kier molecular flexibility index (Phi) is 5.65. The molecule has 0 atom stereocenters. The molecule has 90 valence electrons. The van der Waals surface area contributed by atoms with Crippen LogP contribution in [0.15, 0.2) is 0 Å². The average Bonchev–Trinajstić information content (AvgIpc) is 2.60. The fourth-order valence-electron chi connectivity index (χ4n) is 1.59.